The molecule has 1 amide bonds. The average molecular weight is 276 g/mol. The van der Waals surface area contributed by atoms with Crippen LogP contribution < -0.4 is 5.32 Å². The maximum atomic E-state index is 12.3. The van der Waals surface area contributed by atoms with Gasteiger partial charge in [0, 0.05) is 5.39 Å². The van der Waals surface area contributed by atoms with Crippen LogP contribution in [0.1, 0.15) is 29.0 Å². The summed E-state index contributed by atoms with van der Waals surface area (Å²) in [5.74, 6) is -0.155. The van der Waals surface area contributed by atoms with Gasteiger partial charge in [-0.3, -0.25) is 4.79 Å². The van der Waals surface area contributed by atoms with Gasteiger partial charge < -0.3 is 5.32 Å². The fraction of sp³-hybridized carbons (Fsp3) is 0.111. The SMILES string of the molecule is C[C@H](NC(=O)c1ccc2ccccc2n1)c1ccccc1. The van der Waals surface area contributed by atoms with Gasteiger partial charge in [-0.15, -0.1) is 0 Å². The molecule has 0 saturated carbocycles. The van der Waals surface area contributed by atoms with Crippen LogP contribution in [0.3, 0.4) is 0 Å². The lowest BCUT2D eigenvalue weighted by Crippen LogP contribution is -2.27. The molecular formula is C18H16N2O. The second-order valence-corrected chi connectivity index (χ2v) is 5.00. The maximum Gasteiger partial charge on any atom is 0.270 e. The number of rotatable bonds is 3. The number of nitrogens with one attached hydrogen (secondary N) is 1. The summed E-state index contributed by atoms with van der Waals surface area (Å²) >= 11 is 0. The van der Waals surface area contributed by atoms with E-state index in [9.17, 15) is 4.79 Å². The smallest absolute Gasteiger partial charge is 0.270 e. The molecule has 0 radical (unpaired) electrons. The van der Waals surface area contributed by atoms with Crippen LogP contribution in [0.15, 0.2) is 66.7 Å². The second-order valence-electron chi connectivity index (χ2n) is 5.00. The van der Waals surface area contributed by atoms with Crippen molar-refractivity contribution >= 4 is 16.8 Å². The molecule has 0 aliphatic carbocycles. The van der Waals surface area contributed by atoms with E-state index in [-0.39, 0.29) is 11.9 Å². The lowest BCUT2D eigenvalue weighted by molar-refractivity contribution is 0.0935. The molecule has 3 heteroatoms. The number of para-hydroxylation sites is 1. The Hall–Kier alpha value is -2.68. The van der Waals surface area contributed by atoms with E-state index >= 15 is 0 Å². The molecule has 1 aromatic heterocycles. The Kier molecular flexibility index (Phi) is 3.65. The van der Waals surface area contributed by atoms with Crippen LogP contribution in [0, 0.1) is 0 Å². The Bertz CT molecular complexity index is 768. The van der Waals surface area contributed by atoms with Crippen LogP contribution in [0.2, 0.25) is 0 Å². The van der Waals surface area contributed by atoms with Gasteiger partial charge in [-0.2, -0.15) is 0 Å². The Morgan fingerprint density at radius 1 is 0.952 bits per heavy atom. The van der Waals surface area contributed by atoms with Gasteiger partial charge in [0.2, 0.25) is 0 Å². The average Bonchev–Trinajstić information content (AvgIpc) is 2.55. The number of aromatic nitrogens is 1. The van der Waals surface area contributed by atoms with Crippen molar-refractivity contribution < 1.29 is 4.79 Å². The lowest BCUT2D eigenvalue weighted by Gasteiger charge is -2.14. The van der Waals surface area contributed by atoms with Gasteiger partial charge in [-0.1, -0.05) is 54.6 Å². The number of carbonyl (C=O) groups excluding carboxylic acids is 1. The molecule has 0 saturated heterocycles. The molecule has 1 heterocycles. The first-order chi connectivity index (χ1) is 10.2. The van der Waals surface area contributed by atoms with Crippen LogP contribution in [-0.4, -0.2) is 10.9 Å². The van der Waals surface area contributed by atoms with Gasteiger partial charge >= 0.3 is 0 Å². The van der Waals surface area contributed by atoms with Gasteiger partial charge in [-0.25, -0.2) is 4.98 Å². The molecule has 3 aromatic rings. The third-order valence-electron chi connectivity index (χ3n) is 3.48. The Morgan fingerprint density at radius 2 is 1.67 bits per heavy atom. The Labute approximate surface area is 123 Å². The fourth-order valence-corrected chi connectivity index (χ4v) is 2.29. The monoisotopic (exact) mass is 276 g/mol. The zero-order valence-electron chi connectivity index (χ0n) is 11.8. The molecule has 3 nitrogen and oxygen atoms in total. The molecule has 0 fully saturated rings. The minimum absolute atomic E-state index is 0.0491. The molecule has 21 heavy (non-hydrogen) atoms. The molecule has 104 valence electrons. The van der Waals surface area contributed by atoms with Crippen molar-refractivity contribution in [2.75, 3.05) is 0 Å². The van der Waals surface area contributed by atoms with E-state index in [1.54, 1.807) is 6.07 Å². The summed E-state index contributed by atoms with van der Waals surface area (Å²) in [5, 5.41) is 4.01. The molecule has 0 aliphatic rings. The summed E-state index contributed by atoms with van der Waals surface area (Å²) in [5.41, 5.74) is 2.35. The minimum atomic E-state index is -0.155. The number of hydrogen-bond donors (Lipinski definition) is 1. The van der Waals surface area contributed by atoms with Crippen molar-refractivity contribution in [1.82, 2.24) is 10.3 Å². The topological polar surface area (TPSA) is 42.0 Å². The summed E-state index contributed by atoms with van der Waals surface area (Å²) < 4.78 is 0. The first-order valence-electron chi connectivity index (χ1n) is 6.95. The number of amides is 1. The normalized spacial score (nSPS) is 12.0. The van der Waals surface area contributed by atoms with Crippen LogP contribution >= 0.6 is 0 Å². The summed E-state index contributed by atoms with van der Waals surface area (Å²) in [6, 6.07) is 21.3. The van der Waals surface area contributed by atoms with Gasteiger partial charge in [0.25, 0.3) is 5.91 Å². The van der Waals surface area contributed by atoms with Crippen molar-refractivity contribution in [3.63, 3.8) is 0 Å². The standard InChI is InChI=1S/C18H16N2O/c1-13(14-7-3-2-4-8-14)19-18(21)17-12-11-15-9-5-6-10-16(15)20-17/h2-13H,1H3,(H,19,21)/t13-/m0/s1. The molecule has 0 aliphatic heterocycles. The predicted molar refractivity (Wildman–Crippen MR) is 84.1 cm³/mol. The summed E-state index contributed by atoms with van der Waals surface area (Å²) in [6.07, 6.45) is 0. The van der Waals surface area contributed by atoms with E-state index in [1.807, 2.05) is 67.6 Å². The molecule has 1 N–H and O–H groups in total. The molecular weight excluding hydrogens is 260 g/mol. The first-order valence-corrected chi connectivity index (χ1v) is 6.95. The van der Waals surface area contributed by atoms with E-state index in [0.717, 1.165) is 16.5 Å². The van der Waals surface area contributed by atoms with Crippen molar-refractivity contribution in [1.29, 1.82) is 0 Å². The van der Waals surface area contributed by atoms with E-state index in [4.69, 9.17) is 0 Å². The zero-order chi connectivity index (χ0) is 14.7. The van der Waals surface area contributed by atoms with Crippen molar-refractivity contribution in [3.05, 3.63) is 78.0 Å². The van der Waals surface area contributed by atoms with Crippen molar-refractivity contribution in [3.8, 4) is 0 Å². The summed E-state index contributed by atoms with van der Waals surface area (Å²) in [6.45, 7) is 1.97. The highest BCUT2D eigenvalue weighted by molar-refractivity contribution is 5.95. The number of fused-ring (bicyclic) bond motifs is 1. The van der Waals surface area contributed by atoms with Gasteiger partial charge in [-0.05, 0) is 24.6 Å². The summed E-state index contributed by atoms with van der Waals surface area (Å²) in [7, 11) is 0. The fourth-order valence-electron chi connectivity index (χ4n) is 2.29. The van der Waals surface area contributed by atoms with Crippen LogP contribution in [0.4, 0.5) is 0 Å². The van der Waals surface area contributed by atoms with Crippen LogP contribution in [0.5, 0.6) is 0 Å². The van der Waals surface area contributed by atoms with Crippen molar-refractivity contribution in [2.45, 2.75) is 13.0 Å². The van der Waals surface area contributed by atoms with E-state index in [1.165, 1.54) is 0 Å². The Balaban J connectivity index is 1.80. The molecule has 0 unspecified atom stereocenters. The number of carbonyl (C=O) groups is 1. The molecule has 0 bridgehead atoms. The van der Waals surface area contributed by atoms with E-state index in [2.05, 4.69) is 10.3 Å². The molecule has 2 aromatic carbocycles. The maximum absolute atomic E-state index is 12.3. The molecule has 1 atom stereocenters. The summed E-state index contributed by atoms with van der Waals surface area (Å²) in [4.78, 5) is 16.7. The zero-order valence-corrected chi connectivity index (χ0v) is 11.8. The van der Waals surface area contributed by atoms with E-state index < -0.39 is 0 Å². The second kappa shape index (κ2) is 5.75. The number of nitrogens with zero attached hydrogens (tertiary/aromatic N) is 1. The van der Waals surface area contributed by atoms with Gasteiger partial charge in [0.15, 0.2) is 0 Å². The highest BCUT2D eigenvalue weighted by atomic mass is 16.1. The minimum Gasteiger partial charge on any atom is -0.344 e. The third-order valence-corrected chi connectivity index (χ3v) is 3.48. The number of benzene rings is 2. The highest BCUT2D eigenvalue weighted by Gasteiger charge is 2.12. The Morgan fingerprint density at radius 3 is 2.48 bits per heavy atom. The first kappa shape index (κ1) is 13.3. The number of pyridine rings is 1. The third kappa shape index (κ3) is 2.92. The highest BCUT2D eigenvalue weighted by Crippen LogP contribution is 2.14. The van der Waals surface area contributed by atoms with Gasteiger partial charge in [0.1, 0.15) is 5.69 Å². The van der Waals surface area contributed by atoms with Crippen LogP contribution in [0.25, 0.3) is 10.9 Å². The molecule has 0 spiro atoms. The van der Waals surface area contributed by atoms with Gasteiger partial charge in [0.05, 0.1) is 11.6 Å². The quantitative estimate of drug-likeness (QED) is 0.792. The van der Waals surface area contributed by atoms with Crippen LogP contribution in [-0.2, 0) is 0 Å². The lowest BCUT2D eigenvalue weighted by atomic mass is 10.1. The number of hydrogen-bond acceptors (Lipinski definition) is 2. The predicted octanol–water partition coefficient (Wildman–Crippen LogP) is 3.73. The van der Waals surface area contributed by atoms with Crippen molar-refractivity contribution in [2.24, 2.45) is 0 Å². The molecule has 3 rings (SSSR count). The van der Waals surface area contributed by atoms with E-state index in [0.29, 0.717) is 5.69 Å². The largest absolute Gasteiger partial charge is 0.344 e.